The lowest BCUT2D eigenvalue weighted by molar-refractivity contribution is 0.453. The number of allylic oxidation sites excluding steroid dienone is 6. The molecule has 0 fully saturated rings. The Bertz CT molecular complexity index is 502. The van der Waals surface area contributed by atoms with Gasteiger partial charge in [-0.05, 0) is 31.7 Å². The van der Waals surface area contributed by atoms with E-state index in [4.69, 9.17) is 0 Å². The number of rotatable bonds is 5. The third kappa shape index (κ3) is 4.10. The SMILES string of the molecule is C=C(C)CCC1(C=Cc2ccccc2)C=CC=CC1. The van der Waals surface area contributed by atoms with Gasteiger partial charge in [0.25, 0.3) is 0 Å². The van der Waals surface area contributed by atoms with Crippen LogP contribution in [0.4, 0.5) is 0 Å². The van der Waals surface area contributed by atoms with Gasteiger partial charge in [0.1, 0.15) is 0 Å². The molecule has 19 heavy (non-hydrogen) atoms. The summed E-state index contributed by atoms with van der Waals surface area (Å²) in [4.78, 5) is 0. The minimum absolute atomic E-state index is 0.156. The molecule has 1 aromatic carbocycles. The fraction of sp³-hybridized carbons (Fsp3) is 0.263. The quantitative estimate of drug-likeness (QED) is 0.600. The Morgan fingerprint density at radius 1 is 1.26 bits per heavy atom. The molecule has 2 rings (SSSR count). The van der Waals surface area contributed by atoms with Gasteiger partial charge in [-0.2, -0.15) is 0 Å². The average Bonchev–Trinajstić information content (AvgIpc) is 2.45. The van der Waals surface area contributed by atoms with Crippen LogP contribution < -0.4 is 0 Å². The van der Waals surface area contributed by atoms with Crippen molar-refractivity contribution in [2.75, 3.05) is 0 Å². The highest BCUT2D eigenvalue weighted by molar-refractivity contribution is 5.51. The molecule has 1 unspecified atom stereocenters. The first-order chi connectivity index (χ1) is 9.20. The maximum absolute atomic E-state index is 4.02. The van der Waals surface area contributed by atoms with Gasteiger partial charge in [-0.3, -0.25) is 0 Å². The van der Waals surface area contributed by atoms with Crippen LogP contribution in [-0.4, -0.2) is 0 Å². The molecule has 1 aliphatic carbocycles. The predicted octanol–water partition coefficient (Wildman–Crippen LogP) is 5.56. The van der Waals surface area contributed by atoms with E-state index in [0.717, 1.165) is 19.3 Å². The molecule has 0 spiro atoms. The summed E-state index contributed by atoms with van der Waals surface area (Å²) in [6.07, 6.45) is 16.8. The molecule has 0 amide bonds. The second-order valence-electron chi connectivity index (χ2n) is 5.43. The molecule has 98 valence electrons. The van der Waals surface area contributed by atoms with Crippen LogP contribution in [0.1, 0.15) is 31.7 Å². The number of hydrogen-bond donors (Lipinski definition) is 0. The topological polar surface area (TPSA) is 0 Å². The van der Waals surface area contributed by atoms with Crippen LogP contribution in [0.5, 0.6) is 0 Å². The standard InChI is InChI=1S/C19H22/c1-17(2)11-15-19(13-7-4-8-14-19)16-12-18-9-5-3-6-10-18/h3-10,12-13,16H,1,11,14-15H2,2H3. The fourth-order valence-electron chi connectivity index (χ4n) is 2.35. The van der Waals surface area contributed by atoms with Crippen LogP contribution in [0, 0.1) is 5.41 Å². The van der Waals surface area contributed by atoms with E-state index in [1.54, 1.807) is 0 Å². The largest absolute Gasteiger partial charge is 0.100 e. The van der Waals surface area contributed by atoms with Gasteiger partial charge in [-0.15, -0.1) is 6.58 Å². The molecule has 0 saturated heterocycles. The first kappa shape index (κ1) is 13.6. The Hall–Kier alpha value is -1.82. The molecule has 1 atom stereocenters. The zero-order chi connectivity index (χ0) is 13.6. The van der Waals surface area contributed by atoms with Gasteiger partial charge in [0.2, 0.25) is 0 Å². The highest BCUT2D eigenvalue weighted by Crippen LogP contribution is 2.36. The van der Waals surface area contributed by atoms with E-state index in [1.165, 1.54) is 11.1 Å². The van der Waals surface area contributed by atoms with Crippen molar-refractivity contribution in [1.29, 1.82) is 0 Å². The lowest BCUT2D eigenvalue weighted by atomic mass is 9.76. The van der Waals surface area contributed by atoms with E-state index in [1.807, 2.05) is 0 Å². The lowest BCUT2D eigenvalue weighted by Gasteiger charge is -2.28. The van der Waals surface area contributed by atoms with Gasteiger partial charge in [-0.1, -0.05) is 72.4 Å². The van der Waals surface area contributed by atoms with E-state index < -0.39 is 0 Å². The molecule has 0 radical (unpaired) electrons. The summed E-state index contributed by atoms with van der Waals surface area (Å²) in [6.45, 7) is 6.13. The van der Waals surface area contributed by atoms with Crippen molar-refractivity contribution < 1.29 is 0 Å². The zero-order valence-electron chi connectivity index (χ0n) is 11.7. The zero-order valence-corrected chi connectivity index (χ0v) is 11.7. The Kier molecular flexibility index (Phi) is 4.57. The van der Waals surface area contributed by atoms with E-state index in [9.17, 15) is 0 Å². The molecule has 0 saturated carbocycles. The molecule has 0 bridgehead atoms. The first-order valence-corrected chi connectivity index (χ1v) is 6.93. The Morgan fingerprint density at radius 3 is 2.68 bits per heavy atom. The molecular weight excluding hydrogens is 228 g/mol. The summed E-state index contributed by atoms with van der Waals surface area (Å²) in [5, 5.41) is 0. The Balaban J connectivity index is 2.14. The van der Waals surface area contributed by atoms with E-state index in [0.29, 0.717) is 0 Å². The summed E-state index contributed by atoms with van der Waals surface area (Å²) in [6, 6.07) is 10.5. The van der Waals surface area contributed by atoms with E-state index in [2.05, 4.69) is 80.3 Å². The molecule has 1 aromatic rings. The number of benzene rings is 1. The normalized spacial score (nSPS) is 21.9. The van der Waals surface area contributed by atoms with E-state index >= 15 is 0 Å². The number of hydrogen-bond acceptors (Lipinski definition) is 0. The summed E-state index contributed by atoms with van der Waals surface area (Å²) in [7, 11) is 0. The smallest absolute Gasteiger partial charge is 0.0105 e. The van der Waals surface area contributed by atoms with Crippen LogP contribution in [0.15, 0.2) is 72.9 Å². The van der Waals surface area contributed by atoms with Crippen molar-refractivity contribution in [2.45, 2.75) is 26.2 Å². The molecule has 0 heterocycles. The second-order valence-corrected chi connectivity index (χ2v) is 5.43. The summed E-state index contributed by atoms with van der Waals surface area (Å²) in [5.41, 5.74) is 2.68. The highest BCUT2D eigenvalue weighted by Gasteiger charge is 2.23. The third-order valence-electron chi connectivity index (χ3n) is 3.60. The monoisotopic (exact) mass is 250 g/mol. The van der Waals surface area contributed by atoms with Crippen molar-refractivity contribution in [3.05, 3.63) is 78.4 Å². The minimum atomic E-state index is 0.156. The molecular formula is C19H22. The lowest BCUT2D eigenvalue weighted by Crippen LogP contribution is -2.15. The van der Waals surface area contributed by atoms with Crippen molar-refractivity contribution in [3.63, 3.8) is 0 Å². The van der Waals surface area contributed by atoms with Crippen LogP contribution in [0.2, 0.25) is 0 Å². The minimum Gasteiger partial charge on any atom is -0.100 e. The molecule has 0 heteroatoms. The molecule has 0 aromatic heterocycles. The van der Waals surface area contributed by atoms with Gasteiger partial charge in [0.15, 0.2) is 0 Å². The Morgan fingerprint density at radius 2 is 2.05 bits per heavy atom. The highest BCUT2D eigenvalue weighted by atomic mass is 14.3. The second kappa shape index (κ2) is 6.38. The van der Waals surface area contributed by atoms with Crippen LogP contribution >= 0.6 is 0 Å². The molecule has 0 N–H and O–H groups in total. The average molecular weight is 250 g/mol. The van der Waals surface area contributed by atoms with E-state index in [-0.39, 0.29) is 5.41 Å². The summed E-state index contributed by atoms with van der Waals surface area (Å²) >= 11 is 0. The molecule has 0 nitrogen and oxygen atoms in total. The van der Waals surface area contributed by atoms with Crippen molar-refractivity contribution in [1.82, 2.24) is 0 Å². The van der Waals surface area contributed by atoms with Gasteiger partial charge < -0.3 is 0 Å². The van der Waals surface area contributed by atoms with Crippen LogP contribution in [0.25, 0.3) is 6.08 Å². The maximum Gasteiger partial charge on any atom is 0.0105 e. The summed E-state index contributed by atoms with van der Waals surface area (Å²) in [5.74, 6) is 0. The van der Waals surface area contributed by atoms with Gasteiger partial charge >= 0.3 is 0 Å². The van der Waals surface area contributed by atoms with Crippen LogP contribution in [0.3, 0.4) is 0 Å². The molecule has 1 aliphatic rings. The van der Waals surface area contributed by atoms with Gasteiger partial charge in [-0.25, -0.2) is 0 Å². The van der Waals surface area contributed by atoms with Crippen LogP contribution in [-0.2, 0) is 0 Å². The van der Waals surface area contributed by atoms with Gasteiger partial charge in [0.05, 0.1) is 0 Å². The summed E-state index contributed by atoms with van der Waals surface area (Å²) < 4.78 is 0. The maximum atomic E-state index is 4.02. The third-order valence-corrected chi connectivity index (χ3v) is 3.60. The van der Waals surface area contributed by atoms with Crippen molar-refractivity contribution in [3.8, 4) is 0 Å². The van der Waals surface area contributed by atoms with Crippen molar-refractivity contribution in [2.24, 2.45) is 5.41 Å². The van der Waals surface area contributed by atoms with Gasteiger partial charge in [0, 0.05) is 5.41 Å². The Labute approximate surface area is 116 Å². The van der Waals surface area contributed by atoms with Crippen molar-refractivity contribution >= 4 is 6.08 Å². The predicted molar refractivity (Wildman–Crippen MR) is 84.9 cm³/mol. The molecule has 0 aliphatic heterocycles. The first-order valence-electron chi connectivity index (χ1n) is 6.93. The fourth-order valence-corrected chi connectivity index (χ4v) is 2.35.